The van der Waals surface area contributed by atoms with Crippen LogP contribution in [0.25, 0.3) is 6.08 Å². The zero-order chi connectivity index (χ0) is 23.4. The number of carbonyl (C=O) groups is 1. The Morgan fingerprint density at radius 2 is 1.59 bits per heavy atom. The Bertz CT molecular complexity index is 781. The molecule has 1 aromatic carbocycles. The first kappa shape index (κ1) is 31.0. The zero-order valence-corrected chi connectivity index (χ0v) is 23.5. The molecule has 2 atom stereocenters. The van der Waals surface area contributed by atoms with Crippen molar-refractivity contribution >= 4 is 36.9 Å². The number of halogens is 2. The van der Waals surface area contributed by atoms with Crippen molar-refractivity contribution in [3.8, 4) is 0 Å². The number of esters is 1. The lowest BCUT2D eigenvalue weighted by Gasteiger charge is -2.33. The molecule has 0 bridgehead atoms. The summed E-state index contributed by atoms with van der Waals surface area (Å²) in [5.74, 6) is 0.577. The van der Waals surface area contributed by atoms with E-state index in [1.54, 1.807) is 5.57 Å². The molecule has 0 radical (unpaired) electrons. The third-order valence-corrected chi connectivity index (χ3v) is 6.79. The summed E-state index contributed by atoms with van der Waals surface area (Å²) in [4.78, 5) is 12.5. The lowest BCUT2D eigenvalue weighted by atomic mass is 9.88. The van der Waals surface area contributed by atoms with E-state index in [1.807, 2.05) is 34.6 Å². The topological polar surface area (TPSA) is 50.4 Å². The zero-order valence-electron chi connectivity index (χ0n) is 21.9. The van der Waals surface area contributed by atoms with Gasteiger partial charge in [-0.15, -0.1) is 24.8 Å². The Labute approximate surface area is 219 Å². The highest BCUT2D eigenvalue weighted by atomic mass is 35.5. The summed E-state index contributed by atoms with van der Waals surface area (Å²) in [6.07, 6.45) is 9.53. The van der Waals surface area contributed by atoms with Crippen LogP contribution in [0.2, 0.25) is 0 Å². The average Bonchev–Trinajstić information content (AvgIpc) is 3.50. The van der Waals surface area contributed by atoms with Crippen LogP contribution in [0.3, 0.4) is 0 Å². The van der Waals surface area contributed by atoms with E-state index in [0.717, 1.165) is 6.42 Å². The summed E-state index contributed by atoms with van der Waals surface area (Å²) in [6, 6.07) is 12.5. The highest BCUT2D eigenvalue weighted by Crippen LogP contribution is 2.40. The van der Waals surface area contributed by atoms with Crippen molar-refractivity contribution in [2.75, 3.05) is 6.54 Å². The molecule has 0 saturated heterocycles. The lowest BCUT2D eigenvalue weighted by molar-refractivity contribution is -0.165. The number of benzene rings is 1. The van der Waals surface area contributed by atoms with Crippen LogP contribution in [-0.2, 0) is 9.53 Å². The summed E-state index contributed by atoms with van der Waals surface area (Å²) >= 11 is 0. The monoisotopic (exact) mass is 512 g/mol. The van der Waals surface area contributed by atoms with Crippen molar-refractivity contribution < 1.29 is 9.53 Å². The summed E-state index contributed by atoms with van der Waals surface area (Å²) in [7, 11) is 0. The van der Waals surface area contributed by atoms with Crippen LogP contribution in [0.1, 0.15) is 85.6 Å². The Morgan fingerprint density at radius 3 is 2.15 bits per heavy atom. The molecule has 2 N–H and O–H groups in total. The molecule has 0 aromatic heterocycles. The molecule has 0 spiro atoms. The molecule has 2 fully saturated rings. The van der Waals surface area contributed by atoms with Crippen molar-refractivity contribution in [3.63, 3.8) is 0 Å². The number of hydrogen-bond acceptors (Lipinski definition) is 4. The second-order valence-corrected chi connectivity index (χ2v) is 11.4. The van der Waals surface area contributed by atoms with Crippen LogP contribution in [0.4, 0.5) is 0 Å². The second kappa shape index (κ2) is 13.3. The summed E-state index contributed by atoms with van der Waals surface area (Å²) in [5, 5.41) is 7.58. The van der Waals surface area contributed by atoms with E-state index in [1.165, 1.54) is 37.7 Å². The van der Waals surface area contributed by atoms with E-state index >= 15 is 0 Å². The van der Waals surface area contributed by atoms with Gasteiger partial charge in [-0.05, 0) is 84.6 Å². The number of hydrogen-bond donors (Lipinski definition) is 2. The van der Waals surface area contributed by atoms with Gasteiger partial charge in [-0.3, -0.25) is 4.79 Å². The molecule has 194 valence electrons. The highest BCUT2D eigenvalue weighted by molar-refractivity contribution is 5.85. The quantitative estimate of drug-likeness (QED) is 0.367. The first-order valence-corrected chi connectivity index (χ1v) is 12.6. The van der Waals surface area contributed by atoms with Crippen molar-refractivity contribution in [2.24, 2.45) is 11.3 Å². The molecular weight excluding hydrogens is 467 g/mol. The van der Waals surface area contributed by atoms with Crippen molar-refractivity contribution in [1.82, 2.24) is 10.6 Å². The van der Waals surface area contributed by atoms with Gasteiger partial charge in [-0.1, -0.05) is 48.9 Å². The maximum atomic E-state index is 12.5. The molecule has 0 heterocycles. The third-order valence-electron chi connectivity index (χ3n) is 6.79. The predicted molar refractivity (Wildman–Crippen MR) is 148 cm³/mol. The minimum Gasteiger partial charge on any atom is -0.460 e. The summed E-state index contributed by atoms with van der Waals surface area (Å²) in [6.45, 7) is 12.7. The maximum absolute atomic E-state index is 12.5. The van der Waals surface area contributed by atoms with Gasteiger partial charge < -0.3 is 15.4 Å². The van der Waals surface area contributed by atoms with Crippen LogP contribution in [-0.4, -0.2) is 36.2 Å². The van der Waals surface area contributed by atoms with Gasteiger partial charge in [0.1, 0.15) is 5.60 Å². The molecule has 2 saturated carbocycles. The van der Waals surface area contributed by atoms with Crippen LogP contribution in [0.15, 0.2) is 35.9 Å². The molecule has 0 aliphatic heterocycles. The van der Waals surface area contributed by atoms with Crippen molar-refractivity contribution in [3.05, 3.63) is 41.5 Å². The molecule has 1 aromatic rings. The van der Waals surface area contributed by atoms with E-state index < -0.39 is 11.0 Å². The molecule has 6 heteroatoms. The van der Waals surface area contributed by atoms with Gasteiger partial charge in [0.15, 0.2) is 0 Å². The fraction of sp³-hybridized carbons (Fsp3) is 0.679. The molecule has 0 amide bonds. The molecule has 2 aliphatic carbocycles. The van der Waals surface area contributed by atoms with Crippen LogP contribution >= 0.6 is 24.8 Å². The Kier molecular flexibility index (Phi) is 12.1. The molecule has 2 aliphatic rings. The fourth-order valence-corrected chi connectivity index (χ4v) is 4.68. The predicted octanol–water partition coefficient (Wildman–Crippen LogP) is 6.57. The minimum atomic E-state index is -0.509. The van der Waals surface area contributed by atoms with E-state index in [4.69, 9.17) is 4.74 Å². The van der Waals surface area contributed by atoms with Gasteiger partial charge in [-0.25, -0.2) is 0 Å². The maximum Gasteiger partial charge on any atom is 0.313 e. The van der Waals surface area contributed by atoms with Crippen LogP contribution in [0, 0.1) is 11.3 Å². The first-order chi connectivity index (χ1) is 15.1. The minimum absolute atomic E-state index is 0. The standard InChI is InChI=1S/C28H44N2O2.2ClH/c1-7-21(17-20-11-9-8-10-12-20)24-18-25(24)30-23-15-13-22(14-16-23)29-19-28(5,6)26(31)32-27(2,3)4;;/h8-12,17,22-25,29-30H,7,13-16,18-19H2,1-6H3;2*1H/b21-17+;;/t22?,23?,24-,25+;;/m0../s1. The van der Waals surface area contributed by atoms with Crippen molar-refractivity contribution in [1.29, 1.82) is 0 Å². The largest absolute Gasteiger partial charge is 0.460 e. The SMILES string of the molecule is CC/C(=C\c1ccccc1)[C@@H]1C[C@H]1NC1CCC(NCC(C)(C)C(=O)OC(C)(C)C)CC1.Cl.Cl. The number of rotatable bonds is 9. The lowest BCUT2D eigenvalue weighted by Crippen LogP contribution is -2.46. The van der Waals surface area contributed by atoms with Gasteiger partial charge in [0.2, 0.25) is 0 Å². The van der Waals surface area contributed by atoms with E-state index in [-0.39, 0.29) is 30.8 Å². The Morgan fingerprint density at radius 1 is 1.00 bits per heavy atom. The highest BCUT2D eigenvalue weighted by Gasteiger charge is 2.40. The summed E-state index contributed by atoms with van der Waals surface area (Å²) in [5.41, 5.74) is 1.95. The van der Waals surface area contributed by atoms with Gasteiger partial charge in [0.25, 0.3) is 0 Å². The molecule has 34 heavy (non-hydrogen) atoms. The van der Waals surface area contributed by atoms with Gasteiger partial charge in [-0.2, -0.15) is 0 Å². The first-order valence-electron chi connectivity index (χ1n) is 12.6. The molecule has 3 rings (SSSR count). The van der Waals surface area contributed by atoms with Crippen LogP contribution in [0.5, 0.6) is 0 Å². The van der Waals surface area contributed by atoms with E-state index in [2.05, 4.69) is 54.0 Å². The normalized spacial score (nSPS) is 25.1. The Balaban J connectivity index is 0.00000289. The van der Waals surface area contributed by atoms with Gasteiger partial charge in [0, 0.05) is 24.7 Å². The molecular formula is C28H46Cl2N2O2. The number of nitrogens with one attached hydrogen (secondary N) is 2. The van der Waals surface area contributed by atoms with Gasteiger partial charge in [0.05, 0.1) is 5.41 Å². The van der Waals surface area contributed by atoms with E-state index in [9.17, 15) is 4.79 Å². The van der Waals surface area contributed by atoms with Crippen LogP contribution < -0.4 is 10.6 Å². The molecule has 0 unspecified atom stereocenters. The van der Waals surface area contributed by atoms with Gasteiger partial charge >= 0.3 is 5.97 Å². The number of carbonyl (C=O) groups excluding carboxylic acids is 1. The summed E-state index contributed by atoms with van der Waals surface area (Å²) < 4.78 is 5.59. The second-order valence-electron chi connectivity index (χ2n) is 11.4. The third kappa shape index (κ3) is 9.53. The number of ether oxygens (including phenoxy) is 1. The van der Waals surface area contributed by atoms with E-state index in [0.29, 0.717) is 30.6 Å². The smallest absolute Gasteiger partial charge is 0.313 e. The molecule has 4 nitrogen and oxygen atoms in total. The average molecular weight is 514 g/mol. The van der Waals surface area contributed by atoms with Crippen molar-refractivity contribution in [2.45, 2.75) is 104 Å². The Hall–Kier alpha value is -1.07. The fourth-order valence-electron chi connectivity index (χ4n) is 4.68.